The first-order valence-corrected chi connectivity index (χ1v) is 13.9. The first kappa shape index (κ1) is 27.9. The number of sulfonamides is 1. The summed E-state index contributed by atoms with van der Waals surface area (Å²) in [7, 11) is -0.621. The Hall–Kier alpha value is -3.73. The third-order valence-corrected chi connectivity index (χ3v) is 7.31. The molecule has 0 saturated heterocycles. The second-order valence-corrected chi connectivity index (χ2v) is 10.3. The molecule has 0 saturated carbocycles. The summed E-state index contributed by atoms with van der Waals surface area (Å²) in [6.07, 6.45) is 1.61. The highest BCUT2D eigenvalue weighted by molar-refractivity contribution is 7.92. The van der Waals surface area contributed by atoms with Crippen LogP contribution in [0.3, 0.4) is 0 Å². The van der Waals surface area contributed by atoms with Gasteiger partial charge in [0.1, 0.15) is 6.54 Å². The third kappa shape index (κ3) is 5.99. The molecule has 200 valence electrons. The summed E-state index contributed by atoms with van der Waals surface area (Å²) in [6.45, 7) is 6.35. The molecule has 0 bridgehead atoms. The molecule has 10 nitrogen and oxygen atoms in total. The van der Waals surface area contributed by atoms with E-state index in [1.54, 1.807) is 41.3 Å². The third-order valence-electron chi connectivity index (χ3n) is 6.17. The molecule has 0 fully saturated rings. The average Bonchev–Trinajstić information content (AvgIpc) is 3.19. The van der Waals surface area contributed by atoms with Crippen LogP contribution in [0.25, 0.3) is 5.57 Å². The number of rotatable bonds is 11. The number of fused-ring (bicyclic) bond motifs is 1. The number of methoxy groups -OCH3 is 2. The standard InChI is InChI=1S/C26H34N4O6S/c1-7-20(25-19-14-22(35-4)23(36-5)15-21(19)28-26(25)32)27-17-10-12-18(13-11-17)30(37(6,33)34)16-24(31)29(8-2)9-3/h10-15,27H,7-9,16H2,1-6H3,(H,28,32). The predicted octanol–water partition coefficient (Wildman–Crippen LogP) is 3.52. The lowest BCUT2D eigenvalue weighted by molar-refractivity contribution is -0.129. The Balaban J connectivity index is 1.92. The number of carbonyl (C=O) groups is 2. The molecule has 2 N–H and O–H groups in total. The average molecular weight is 531 g/mol. The summed E-state index contributed by atoms with van der Waals surface area (Å²) in [5.41, 5.74) is 3.54. The van der Waals surface area contributed by atoms with Gasteiger partial charge in [0, 0.05) is 36.1 Å². The molecule has 2 amide bonds. The second kappa shape index (κ2) is 11.5. The SMILES string of the molecule is CCC(Nc1ccc(N(CC(=O)N(CC)CC)S(C)(=O)=O)cc1)=C1C(=O)Nc2cc(OC)c(OC)cc21. The van der Waals surface area contributed by atoms with Gasteiger partial charge in [-0.05, 0) is 50.6 Å². The number of benzene rings is 2. The van der Waals surface area contributed by atoms with Gasteiger partial charge in [0.05, 0.1) is 37.4 Å². The molecular formula is C26H34N4O6S. The van der Waals surface area contributed by atoms with Gasteiger partial charge in [-0.15, -0.1) is 0 Å². The van der Waals surface area contributed by atoms with Gasteiger partial charge in [-0.1, -0.05) is 6.92 Å². The van der Waals surface area contributed by atoms with Crippen molar-refractivity contribution in [3.63, 3.8) is 0 Å². The smallest absolute Gasteiger partial charge is 0.258 e. The molecule has 1 aliphatic rings. The van der Waals surface area contributed by atoms with E-state index in [0.29, 0.717) is 64.9 Å². The van der Waals surface area contributed by atoms with E-state index in [0.717, 1.165) is 10.6 Å². The van der Waals surface area contributed by atoms with Gasteiger partial charge in [-0.3, -0.25) is 13.9 Å². The summed E-state index contributed by atoms with van der Waals surface area (Å²) >= 11 is 0. The maximum absolute atomic E-state index is 12.9. The van der Waals surface area contributed by atoms with E-state index in [-0.39, 0.29) is 18.4 Å². The maximum atomic E-state index is 12.9. The quantitative estimate of drug-likeness (QED) is 0.427. The molecular weight excluding hydrogens is 496 g/mol. The fourth-order valence-electron chi connectivity index (χ4n) is 4.21. The Bertz CT molecular complexity index is 1300. The Morgan fingerprint density at radius 3 is 2.11 bits per heavy atom. The van der Waals surface area contributed by atoms with Crippen molar-refractivity contribution in [1.82, 2.24) is 4.90 Å². The Morgan fingerprint density at radius 1 is 1.00 bits per heavy atom. The van der Waals surface area contributed by atoms with Crippen LogP contribution in [0.1, 0.15) is 32.8 Å². The number of allylic oxidation sites excluding steroid dienone is 1. The van der Waals surface area contributed by atoms with Crippen molar-refractivity contribution in [3.8, 4) is 11.5 Å². The van der Waals surface area contributed by atoms with Crippen LogP contribution < -0.4 is 24.4 Å². The maximum Gasteiger partial charge on any atom is 0.258 e. The fourth-order valence-corrected chi connectivity index (χ4v) is 5.06. The van der Waals surface area contributed by atoms with Crippen LogP contribution in [0.5, 0.6) is 11.5 Å². The van der Waals surface area contributed by atoms with Crippen LogP contribution in [0.15, 0.2) is 42.1 Å². The largest absolute Gasteiger partial charge is 0.493 e. The second-order valence-electron chi connectivity index (χ2n) is 8.42. The number of nitrogens with one attached hydrogen (secondary N) is 2. The van der Waals surface area contributed by atoms with Crippen molar-refractivity contribution in [2.45, 2.75) is 27.2 Å². The summed E-state index contributed by atoms with van der Waals surface area (Å²) in [6, 6.07) is 10.2. The van der Waals surface area contributed by atoms with E-state index in [1.165, 1.54) is 14.2 Å². The lowest BCUT2D eigenvalue weighted by atomic mass is 10.0. The number of hydrogen-bond donors (Lipinski definition) is 2. The number of carbonyl (C=O) groups excluding carboxylic acids is 2. The number of ether oxygens (including phenoxy) is 2. The molecule has 0 atom stereocenters. The summed E-state index contributed by atoms with van der Waals surface area (Å²) in [4.78, 5) is 27.1. The predicted molar refractivity (Wildman–Crippen MR) is 146 cm³/mol. The minimum Gasteiger partial charge on any atom is -0.493 e. The summed E-state index contributed by atoms with van der Waals surface area (Å²) < 4.78 is 36.8. The van der Waals surface area contributed by atoms with E-state index in [4.69, 9.17) is 9.47 Å². The molecule has 1 heterocycles. The molecule has 37 heavy (non-hydrogen) atoms. The Labute approximate surface area is 218 Å². The van der Waals surface area contributed by atoms with Crippen LogP contribution in [0.2, 0.25) is 0 Å². The number of nitrogens with zero attached hydrogens (tertiary/aromatic N) is 2. The van der Waals surface area contributed by atoms with Crippen LogP contribution in [0.4, 0.5) is 17.1 Å². The summed E-state index contributed by atoms with van der Waals surface area (Å²) in [5.74, 6) is 0.507. The van der Waals surface area contributed by atoms with Gasteiger partial charge in [-0.25, -0.2) is 8.42 Å². The fraction of sp³-hybridized carbons (Fsp3) is 0.385. The molecule has 0 aliphatic carbocycles. The number of hydrogen-bond acceptors (Lipinski definition) is 7. The molecule has 3 rings (SSSR count). The van der Waals surface area contributed by atoms with Gasteiger partial charge in [0.25, 0.3) is 5.91 Å². The van der Waals surface area contributed by atoms with E-state index < -0.39 is 10.0 Å². The van der Waals surface area contributed by atoms with Gasteiger partial charge in [-0.2, -0.15) is 0 Å². The minimum absolute atomic E-state index is 0.246. The van der Waals surface area contributed by atoms with Gasteiger partial charge in [0.15, 0.2) is 11.5 Å². The van der Waals surface area contributed by atoms with Crippen molar-refractivity contribution in [2.24, 2.45) is 0 Å². The van der Waals surface area contributed by atoms with E-state index in [1.807, 2.05) is 20.8 Å². The molecule has 11 heteroatoms. The van der Waals surface area contributed by atoms with Crippen molar-refractivity contribution in [2.75, 3.05) is 55.0 Å². The van der Waals surface area contributed by atoms with E-state index in [9.17, 15) is 18.0 Å². The van der Waals surface area contributed by atoms with Crippen LogP contribution >= 0.6 is 0 Å². The first-order chi connectivity index (χ1) is 17.6. The monoisotopic (exact) mass is 530 g/mol. The van der Waals surface area contributed by atoms with Gasteiger partial charge < -0.3 is 25.0 Å². The molecule has 1 aliphatic heterocycles. The van der Waals surface area contributed by atoms with Gasteiger partial charge >= 0.3 is 0 Å². The molecule has 2 aromatic rings. The first-order valence-electron chi connectivity index (χ1n) is 12.0. The van der Waals surface area contributed by atoms with Crippen molar-refractivity contribution < 1.29 is 27.5 Å². The molecule has 0 aromatic heterocycles. The van der Waals surface area contributed by atoms with E-state index in [2.05, 4.69) is 10.6 Å². The number of likely N-dealkylation sites (N-methyl/N-ethyl adjacent to an activating group) is 1. The van der Waals surface area contributed by atoms with Crippen LogP contribution in [-0.2, 0) is 19.6 Å². The lowest BCUT2D eigenvalue weighted by Gasteiger charge is -2.26. The topological polar surface area (TPSA) is 117 Å². The highest BCUT2D eigenvalue weighted by Crippen LogP contribution is 2.42. The number of amides is 2. The zero-order valence-corrected chi connectivity index (χ0v) is 22.9. The molecule has 2 aromatic carbocycles. The lowest BCUT2D eigenvalue weighted by Crippen LogP contribution is -2.42. The zero-order valence-electron chi connectivity index (χ0n) is 22.0. The minimum atomic E-state index is -3.69. The van der Waals surface area contributed by atoms with Crippen LogP contribution in [0, 0.1) is 0 Å². The molecule has 0 radical (unpaired) electrons. The number of anilines is 3. The van der Waals surface area contributed by atoms with E-state index >= 15 is 0 Å². The highest BCUT2D eigenvalue weighted by Gasteiger charge is 2.29. The van der Waals surface area contributed by atoms with Crippen molar-refractivity contribution >= 4 is 44.5 Å². The van der Waals surface area contributed by atoms with Gasteiger partial charge in [0.2, 0.25) is 15.9 Å². The van der Waals surface area contributed by atoms with Crippen molar-refractivity contribution in [3.05, 3.63) is 47.7 Å². The molecule has 0 unspecified atom stereocenters. The normalized spacial score (nSPS) is 13.9. The Morgan fingerprint density at radius 2 is 1.59 bits per heavy atom. The highest BCUT2D eigenvalue weighted by atomic mass is 32.2. The summed E-state index contributed by atoms with van der Waals surface area (Å²) in [5, 5.41) is 6.16. The molecule has 0 spiro atoms. The zero-order chi connectivity index (χ0) is 27.3. The van der Waals surface area contributed by atoms with Crippen molar-refractivity contribution in [1.29, 1.82) is 0 Å². The Kier molecular flexibility index (Phi) is 8.69. The van der Waals surface area contributed by atoms with Crippen LogP contribution in [-0.4, -0.2) is 65.2 Å².